The highest BCUT2D eigenvalue weighted by Crippen LogP contribution is 2.35. The van der Waals surface area contributed by atoms with Crippen molar-refractivity contribution in [3.05, 3.63) is 71.9 Å². The van der Waals surface area contributed by atoms with Gasteiger partial charge in [-0.3, -0.25) is 0 Å². The van der Waals surface area contributed by atoms with Gasteiger partial charge in [0.2, 0.25) is 16.9 Å². The van der Waals surface area contributed by atoms with Gasteiger partial charge >= 0.3 is 0 Å². The predicted molar refractivity (Wildman–Crippen MR) is 128 cm³/mol. The van der Waals surface area contributed by atoms with Gasteiger partial charge in [-0.25, -0.2) is 22.8 Å². The molecule has 0 aliphatic carbocycles. The summed E-state index contributed by atoms with van der Waals surface area (Å²) in [6.07, 6.45) is 2.96. The molecule has 0 radical (unpaired) electrons. The Morgan fingerprint density at radius 1 is 1.06 bits per heavy atom. The first-order chi connectivity index (χ1) is 16.5. The quantitative estimate of drug-likeness (QED) is 0.369. The van der Waals surface area contributed by atoms with Crippen molar-refractivity contribution in [2.45, 2.75) is 23.8 Å². The summed E-state index contributed by atoms with van der Waals surface area (Å²) in [6, 6.07) is 17.8. The zero-order valence-electron chi connectivity index (χ0n) is 18.1. The van der Waals surface area contributed by atoms with Crippen LogP contribution in [0.25, 0.3) is 22.6 Å². The molecule has 176 valence electrons. The summed E-state index contributed by atoms with van der Waals surface area (Å²) in [6.45, 7) is -0.357. The molecule has 2 aromatic heterocycles. The number of hydrogen-bond donors (Lipinski definition) is 0. The van der Waals surface area contributed by atoms with Crippen molar-refractivity contribution in [1.82, 2.24) is 18.8 Å². The molecule has 0 unspecified atom stereocenters. The Morgan fingerprint density at radius 2 is 1.82 bits per heavy atom. The normalized spacial score (nSPS) is 15.6. The van der Waals surface area contributed by atoms with Crippen LogP contribution in [0.4, 0.5) is 4.39 Å². The van der Waals surface area contributed by atoms with Gasteiger partial charge in [0.05, 0.1) is 9.92 Å². The molecule has 2 aromatic carbocycles. The van der Waals surface area contributed by atoms with Crippen LogP contribution in [0.15, 0.2) is 71.8 Å². The van der Waals surface area contributed by atoms with Crippen LogP contribution in [0.5, 0.6) is 5.75 Å². The molecule has 4 aromatic rings. The Hall–Kier alpha value is -3.01. The molecule has 0 N–H and O–H groups in total. The number of imidazole rings is 1. The van der Waals surface area contributed by atoms with E-state index in [1.165, 1.54) is 22.5 Å². The molecule has 0 amide bonds. The lowest BCUT2D eigenvalue weighted by Crippen LogP contribution is -2.39. The number of fused-ring (bicyclic) bond motifs is 1. The molecule has 7 nitrogen and oxygen atoms in total. The van der Waals surface area contributed by atoms with Gasteiger partial charge in [-0.1, -0.05) is 41.9 Å². The first kappa shape index (κ1) is 22.8. The van der Waals surface area contributed by atoms with Crippen molar-refractivity contribution < 1.29 is 17.5 Å². The third kappa shape index (κ3) is 4.15. The lowest BCUT2D eigenvalue weighted by Gasteiger charge is -2.32. The number of pyridine rings is 1. The van der Waals surface area contributed by atoms with Crippen molar-refractivity contribution in [3.8, 4) is 17.1 Å². The van der Waals surface area contributed by atoms with Crippen LogP contribution < -0.4 is 4.74 Å². The number of halogens is 2. The van der Waals surface area contributed by atoms with Gasteiger partial charge in [0.15, 0.2) is 5.65 Å². The Morgan fingerprint density at radius 3 is 2.53 bits per heavy atom. The molecular weight excluding hydrogens is 479 g/mol. The van der Waals surface area contributed by atoms with Crippen LogP contribution in [-0.2, 0) is 10.0 Å². The fraction of sp³-hybridized carbons (Fsp3) is 0.250. The fourth-order valence-electron chi connectivity index (χ4n) is 4.37. The summed E-state index contributed by atoms with van der Waals surface area (Å²) in [7, 11) is -3.75. The van der Waals surface area contributed by atoms with E-state index >= 15 is 0 Å². The second kappa shape index (κ2) is 9.32. The topological polar surface area (TPSA) is 77.3 Å². The average molecular weight is 501 g/mol. The molecule has 1 aliphatic heterocycles. The van der Waals surface area contributed by atoms with Gasteiger partial charge in [0.25, 0.3) is 0 Å². The molecule has 34 heavy (non-hydrogen) atoms. The van der Waals surface area contributed by atoms with Gasteiger partial charge in [-0.2, -0.15) is 4.31 Å². The number of benzene rings is 2. The van der Waals surface area contributed by atoms with Crippen molar-refractivity contribution >= 4 is 32.8 Å². The van der Waals surface area contributed by atoms with Crippen molar-refractivity contribution in [2.75, 3.05) is 20.0 Å². The lowest BCUT2D eigenvalue weighted by atomic mass is 10.1. The number of ether oxygens (including phenoxy) is 1. The van der Waals surface area contributed by atoms with Crippen LogP contribution in [-0.4, -0.2) is 47.2 Å². The van der Waals surface area contributed by atoms with E-state index in [9.17, 15) is 12.8 Å². The summed E-state index contributed by atoms with van der Waals surface area (Å²) < 4.78 is 47.3. The van der Waals surface area contributed by atoms with E-state index in [0.717, 1.165) is 22.6 Å². The summed E-state index contributed by atoms with van der Waals surface area (Å²) in [4.78, 5) is 9.45. The van der Waals surface area contributed by atoms with Gasteiger partial charge in [0, 0.05) is 30.9 Å². The van der Waals surface area contributed by atoms with Crippen molar-refractivity contribution in [3.63, 3.8) is 0 Å². The lowest BCUT2D eigenvalue weighted by molar-refractivity contribution is 0.192. The summed E-state index contributed by atoms with van der Waals surface area (Å²) in [5.41, 5.74) is 2.58. The molecule has 0 spiro atoms. The number of sulfonamides is 1. The van der Waals surface area contributed by atoms with Crippen LogP contribution in [0.3, 0.4) is 0 Å². The van der Waals surface area contributed by atoms with Crippen molar-refractivity contribution in [2.24, 2.45) is 0 Å². The van der Waals surface area contributed by atoms with E-state index in [4.69, 9.17) is 21.3 Å². The monoisotopic (exact) mass is 500 g/mol. The van der Waals surface area contributed by atoms with E-state index in [-0.39, 0.29) is 21.7 Å². The number of piperidine rings is 1. The zero-order chi connectivity index (χ0) is 23.7. The first-order valence-electron chi connectivity index (χ1n) is 10.9. The molecule has 1 fully saturated rings. The largest absolute Gasteiger partial charge is 0.461 e. The van der Waals surface area contributed by atoms with E-state index in [1.54, 1.807) is 6.20 Å². The molecule has 1 aliphatic rings. The minimum absolute atomic E-state index is 0.0467. The molecule has 0 bridgehead atoms. The zero-order valence-corrected chi connectivity index (χ0v) is 19.7. The molecule has 0 saturated carbocycles. The summed E-state index contributed by atoms with van der Waals surface area (Å²) in [5, 5.41) is 0.0528. The molecule has 0 atom stereocenters. The maximum atomic E-state index is 13.2. The average Bonchev–Trinajstić information content (AvgIpc) is 3.25. The second-order valence-corrected chi connectivity index (χ2v) is 10.3. The van der Waals surface area contributed by atoms with E-state index < -0.39 is 16.9 Å². The summed E-state index contributed by atoms with van der Waals surface area (Å²) >= 11 is 6.08. The Bertz CT molecular complexity index is 1420. The van der Waals surface area contributed by atoms with E-state index in [0.29, 0.717) is 25.9 Å². The SMILES string of the molecule is O=S(=O)(c1ccc(OCF)c(Cl)c1)N1CCC(n2c(-c3ccccc3)nc3cccnc32)CC1. The van der Waals surface area contributed by atoms with Gasteiger partial charge in [-0.15, -0.1) is 0 Å². The standard InChI is InChI=1S/C24H22ClFN4O3S/c25-20-15-19(8-9-22(20)33-16-26)34(31,32)29-13-10-18(11-14-29)30-23(17-5-2-1-3-6-17)28-21-7-4-12-27-24(21)30/h1-9,12,15,18H,10-11,13-14,16H2. The second-order valence-electron chi connectivity index (χ2n) is 8.00. The highest BCUT2D eigenvalue weighted by molar-refractivity contribution is 7.89. The Kier molecular flexibility index (Phi) is 6.24. The molecule has 3 heterocycles. The van der Waals surface area contributed by atoms with Gasteiger partial charge < -0.3 is 9.30 Å². The molecule has 1 saturated heterocycles. The third-order valence-electron chi connectivity index (χ3n) is 6.02. The molecular formula is C24H22ClFN4O3S. The highest BCUT2D eigenvalue weighted by atomic mass is 35.5. The number of hydrogen-bond acceptors (Lipinski definition) is 5. The van der Waals surface area contributed by atoms with E-state index in [1.807, 2.05) is 42.5 Å². The van der Waals surface area contributed by atoms with Gasteiger partial charge in [-0.05, 0) is 43.2 Å². The Balaban J connectivity index is 1.41. The number of rotatable bonds is 6. The number of aromatic nitrogens is 3. The predicted octanol–water partition coefficient (Wildman–Crippen LogP) is 5.08. The smallest absolute Gasteiger partial charge is 0.243 e. The molecule has 5 rings (SSSR count). The number of alkyl halides is 1. The van der Waals surface area contributed by atoms with Crippen molar-refractivity contribution in [1.29, 1.82) is 0 Å². The number of nitrogens with zero attached hydrogens (tertiary/aromatic N) is 4. The van der Waals surface area contributed by atoms with E-state index in [2.05, 4.69) is 9.55 Å². The van der Waals surface area contributed by atoms with Crippen LogP contribution in [0, 0.1) is 0 Å². The highest BCUT2D eigenvalue weighted by Gasteiger charge is 2.32. The van der Waals surface area contributed by atoms with Crippen LogP contribution in [0.1, 0.15) is 18.9 Å². The van der Waals surface area contributed by atoms with Crippen LogP contribution in [0.2, 0.25) is 5.02 Å². The molecule has 10 heteroatoms. The maximum Gasteiger partial charge on any atom is 0.243 e. The van der Waals surface area contributed by atoms with Gasteiger partial charge in [0.1, 0.15) is 17.1 Å². The minimum Gasteiger partial charge on any atom is -0.461 e. The Labute approximate surface area is 201 Å². The summed E-state index contributed by atoms with van der Waals surface area (Å²) in [5.74, 6) is 0.931. The minimum atomic E-state index is -3.75. The maximum absolute atomic E-state index is 13.2. The third-order valence-corrected chi connectivity index (χ3v) is 8.21. The fourth-order valence-corrected chi connectivity index (χ4v) is 6.17. The first-order valence-corrected chi connectivity index (χ1v) is 12.7. The van der Waals surface area contributed by atoms with Crippen LogP contribution >= 0.6 is 11.6 Å².